The van der Waals surface area contributed by atoms with E-state index in [1.54, 1.807) is 32.0 Å². The quantitative estimate of drug-likeness (QED) is 0.112. The summed E-state index contributed by atoms with van der Waals surface area (Å²) in [6.45, 7) is 6.65. The molecule has 0 fully saturated rings. The lowest BCUT2D eigenvalue weighted by molar-refractivity contribution is -0.146. The van der Waals surface area contributed by atoms with Crippen molar-refractivity contribution in [1.82, 2.24) is 4.90 Å². The molecule has 230 valence electrons. The zero-order chi connectivity index (χ0) is 31.5. The zero-order valence-corrected chi connectivity index (χ0v) is 24.5. The summed E-state index contributed by atoms with van der Waals surface area (Å²) in [5, 5.41) is 0. The summed E-state index contributed by atoms with van der Waals surface area (Å²) in [6, 6.07) is 9.03. The van der Waals surface area contributed by atoms with Gasteiger partial charge in [-0.25, -0.2) is 14.4 Å². The first-order valence-corrected chi connectivity index (χ1v) is 13.7. The fraction of sp³-hybridized carbons (Fsp3) is 0.400. The highest BCUT2D eigenvalue weighted by atomic mass is 16.6. The van der Waals surface area contributed by atoms with Crippen LogP contribution in [0.2, 0.25) is 0 Å². The number of hydrogen-bond acceptors (Lipinski definition) is 10. The first-order valence-electron chi connectivity index (χ1n) is 13.7. The second kappa shape index (κ2) is 15.3. The van der Waals surface area contributed by atoms with Crippen LogP contribution in [0.4, 0.5) is 4.79 Å². The molecule has 0 atom stereocenters. The Morgan fingerprint density at radius 2 is 1.51 bits per heavy atom. The second-order valence-electron chi connectivity index (χ2n) is 9.77. The number of nitrogens with zero attached hydrogens (tertiary/aromatic N) is 2. The van der Waals surface area contributed by atoms with Gasteiger partial charge < -0.3 is 34.3 Å². The van der Waals surface area contributed by atoms with E-state index in [0.29, 0.717) is 16.7 Å². The number of fused-ring (bicyclic) bond motifs is 1. The van der Waals surface area contributed by atoms with Crippen molar-refractivity contribution < 1.29 is 47.7 Å². The van der Waals surface area contributed by atoms with E-state index in [2.05, 4.69) is 4.99 Å². The number of carbonyl (C=O) groups is 5. The van der Waals surface area contributed by atoms with E-state index >= 15 is 0 Å². The lowest BCUT2D eigenvalue weighted by atomic mass is 10.1. The van der Waals surface area contributed by atoms with Crippen LogP contribution in [0.15, 0.2) is 41.4 Å². The lowest BCUT2D eigenvalue weighted by Crippen LogP contribution is -2.30. The predicted molar refractivity (Wildman–Crippen MR) is 153 cm³/mol. The van der Waals surface area contributed by atoms with E-state index < -0.39 is 37.0 Å². The Morgan fingerprint density at radius 1 is 0.884 bits per heavy atom. The van der Waals surface area contributed by atoms with Crippen molar-refractivity contribution >= 4 is 35.6 Å². The van der Waals surface area contributed by atoms with E-state index in [4.69, 9.17) is 29.4 Å². The van der Waals surface area contributed by atoms with Crippen LogP contribution in [0, 0.1) is 5.92 Å². The molecule has 1 heterocycles. The van der Waals surface area contributed by atoms with Crippen molar-refractivity contribution in [3.05, 3.63) is 58.7 Å². The van der Waals surface area contributed by atoms with Gasteiger partial charge in [-0.3, -0.25) is 9.59 Å². The third-order valence-corrected chi connectivity index (χ3v) is 5.93. The summed E-state index contributed by atoms with van der Waals surface area (Å²) >= 11 is 0. The minimum Gasteiger partial charge on any atom is -0.478 e. The minimum absolute atomic E-state index is 0.0329. The van der Waals surface area contributed by atoms with Crippen molar-refractivity contribution in [2.45, 2.75) is 34.2 Å². The Kier molecular flexibility index (Phi) is 11.6. The van der Waals surface area contributed by atoms with E-state index in [-0.39, 0.29) is 67.6 Å². The third-order valence-electron chi connectivity index (χ3n) is 5.93. The van der Waals surface area contributed by atoms with Crippen molar-refractivity contribution in [2.75, 3.05) is 39.6 Å². The van der Waals surface area contributed by atoms with Gasteiger partial charge in [0.05, 0.1) is 26.4 Å². The normalized spacial score (nSPS) is 12.5. The van der Waals surface area contributed by atoms with E-state index in [1.807, 2.05) is 13.8 Å². The Morgan fingerprint density at radius 3 is 2.14 bits per heavy atom. The van der Waals surface area contributed by atoms with Crippen LogP contribution in [0.3, 0.4) is 0 Å². The van der Waals surface area contributed by atoms with Gasteiger partial charge in [0.25, 0.3) is 5.91 Å². The summed E-state index contributed by atoms with van der Waals surface area (Å²) in [7, 11) is 0. The van der Waals surface area contributed by atoms with Crippen LogP contribution in [0.5, 0.6) is 11.5 Å². The average Bonchev–Trinajstić information content (AvgIpc) is 3.28. The topological polar surface area (TPSA) is 173 Å². The Hall–Kier alpha value is -4.94. The smallest absolute Gasteiger partial charge is 0.435 e. The number of benzene rings is 2. The molecule has 0 radical (unpaired) electrons. The number of carbonyl (C=O) groups excluding carboxylic acids is 5. The number of hydrogen-bond donors (Lipinski definition) is 1. The number of ketones is 1. The molecule has 13 heteroatoms. The molecule has 0 spiro atoms. The van der Waals surface area contributed by atoms with Crippen LogP contribution in [-0.2, 0) is 30.3 Å². The van der Waals surface area contributed by atoms with E-state index in [0.717, 1.165) is 0 Å². The molecule has 3 rings (SSSR count). The van der Waals surface area contributed by atoms with Gasteiger partial charge in [-0.2, -0.15) is 4.99 Å². The van der Waals surface area contributed by atoms with Crippen LogP contribution in [0.1, 0.15) is 59.5 Å². The van der Waals surface area contributed by atoms with Gasteiger partial charge in [-0.05, 0) is 55.7 Å². The largest absolute Gasteiger partial charge is 0.478 e. The second-order valence-corrected chi connectivity index (χ2v) is 9.77. The van der Waals surface area contributed by atoms with Gasteiger partial charge in [-0.15, -0.1) is 0 Å². The van der Waals surface area contributed by atoms with E-state index in [1.165, 1.54) is 23.1 Å². The number of aliphatic imine (C=N–C) groups is 1. The fourth-order valence-electron chi connectivity index (χ4n) is 3.96. The molecule has 0 aromatic heterocycles. The van der Waals surface area contributed by atoms with Gasteiger partial charge in [0.15, 0.2) is 30.5 Å². The summed E-state index contributed by atoms with van der Waals surface area (Å²) in [4.78, 5) is 66.9. The number of rotatable bonds is 14. The van der Waals surface area contributed by atoms with Crippen LogP contribution in [-0.4, -0.2) is 80.0 Å². The Balaban J connectivity index is 1.72. The van der Waals surface area contributed by atoms with E-state index in [9.17, 15) is 24.0 Å². The van der Waals surface area contributed by atoms with Gasteiger partial charge in [0.2, 0.25) is 0 Å². The van der Waals surface area contributed by atoms with Crippen LogP contribution in [0.25, 0.3) is 0 Å². The number of esters is 2. The predicted octanol–water partition coefficient (Wildman–Crippen LogP) is 2.91. The first-order chi connectivity index (χ1) is 20.5. The van der Waals surface area contributed by atoms with Gasteiger partial charge >= 0.3 is 18.0 Å². The molecule has 13 nitrogen and oxygen atoms in total. The zero-order valence-electron chi connectivity index (χ0n) is 24.5. The number of nitrogens with two attached hydrogens (primary N) is 1. The SMILES string of the molecule is CCOC(=O)COc1ccc(C(=O)CN2Cc3cc(/C(N)=N/C(=O)OCC(C)C)ccc3C2=O)cc1OCC(=O)OCC. The van der Waals surface area contributed by atoms with Gasteiger partial charge in [-0.1, -0.05) is 19.9 Å². The summed E-state index contributed by atoms with van der Waals surface area (Å²) < 4.78 is 25.8. The first kappa shape index (κ1) is 32.6. The maximum absolute atomic E-state index is 13.2. The van der Waals surface area contributed by atoms with Crippen molar-refractivity contribution in [3.63, 3.8) is 0 Å². The lowest BCUT2D eigenvalue weighted by Gasteiger charge is -2.16. The monoisotopic (exact) mass is 597 g/mol. The van der Waals surface area contributed by atoms with Crippen molar-refractivity contribution in [2.24, 2.45) is 16.6 Å². The molecule has 0 aliphatic carbocycles. The van der Waals surface area contributed by atoms with Gasteiger partial charge in [0.1, 0.15) is 5.84 Å². The molecular formula is C30H35N3O10. The Labute approximate surface area is 248 Å². The molecule has 0 saturated carbocycles. The molecule has 2 amide bonds. The number of Topliss-reactive ketones (excluding diaryl/α,β-unsaturated/α-hetero) is 1. The Bertz CT molecular complexity index is 1400. The van der Waals surface area contributed by atoms with Crippen LogP contribution < -0.4 is 15.2 Å². The minimum atomic E-state index is -0.807. The molecule has 0 bridgehead atoms. The summed E-state index contributed by atoms with van der Waals surface area (Å²) in [5.74, 6) is -1.76. The van der Waals surface area contributed by atoms with Crippen molar-refractivity contribution in [1.29, 1.82) is 0 Å². The van der Waals surface area contributed by atoms with Crippen molar-refractivity contribution in [3.8, 4) is 11.5 Å². The molecule has 0 unspecified atom stereocenters. The molecule has 2 aromatic rings. The highest BCUT2D eigenvalue weighted by Gasteiger charge is 2.30. The molecular weight excluding hydrogens is 562 g/mol. The fourth-order valence-corrected chi connectivity index (χ4v) is 3.96. The highest BCUT2D eigenvalue weighted by molar-refractivity contribution is 6.06. The third kappa shape index (κ3) is 9.28. The highest BCUT2D eigenvalue weighted by Crippen LogP contribution is 2.30. The summed E-state index contributed by atoms with van der Waals surface area (Å²) in [6.07, 6.45) is -0.807. The van der Waals surface area contributed by atoms with Gasteiger partial charge in [0, 0.05) is 23.2 Å². The maximum Gasteiger partial charge on any atom is 0.435 e. The molecule has 2 aromatic carbocycles. The standard InChI is InChI=1S/C30H35N3O10/c1-5-39-26(35)16-41-24-10-8-19(12-25(24)42-17-27(36)40-6-2)23(34)14-33-13-21-11-20(7-9-22(21)29(33)37)28(31)32-30(38)43-15-18(3)4/h7-12,18H,5-6,13-17H2,1-4H3,(H2,31,32,38). The number of amidine groups is 1. The molecule has 0 saturated heterocycles. The molecule has 1 aliphatic rings. The molecule has 43 heavy (non-hydrogen) atoms. The average molecular weight is 598 g/mol. The molecule has 2 N–H and O–H groups in total. The molecule has 1 aliphatic heterocycles. The number of amides is 2. The number of ether oxygens (including phenoxy) is 5. The summed E-state index contributed by atoms with van der Waals surface area (Å²) in [5.41, 5.74) is 7.61. The maximum atomic E-state index is 13.2. The van der Waals surface area contributed by atoms with Crippen LogP contribution >= 0.6 is 0 Å².